The smallest absolute Gasteiger partial charge is 0.128 e. The largest absolute Gasteiger partial charge is 0.487 e. The number of methoxy groups -OCH3 is 1. The molecule has 1 aliphatic rings. The number of hydrogen-bond acceptors (Lipinski definition) is 2. The number of rotatable bonds is 3. The Labute approximate surface area is 105 Å². The van der Waals surface area contributed by atoms with Gasteiger partial charge in [-0.05, 0) is 30.7 Å². The predicted octanol–water partition coefficient (Wildman–Crippen LogP) is 3.42. The number of benzene rings is 1. The van der Waals surface area contributed by atoms with Crippen molar-refractivity contribution in [2.24, 2.45) is 0 Å². The highest BCUT2D eigenvalue weighted by Crippen LogP contribution is 2.34. The van der Waals surface area contributed by atoms with E-state index in [4.69, 9.17) is 32.7 Å². The predicted molar refractivity (Wildman–Crippen MR) is 65.7 cm³/mol. The average Bonchev–Trinajstić information content (AvgIpc) is 2.21. The zero-order valence-corrected chi connectivity index (χ0v) is 10.8. The molecule has 1 aromatic carbocycles. The summed E-state index contributed by atoms with van der Waals surface area (Å²) in [6.07, 6.45) is 0.853. The van der Waals surface area contributed by atoms with Crippen LogP contribution in [0.2, 0.25) is 5.02 Å². The van der Waals surface area contributed by atoms with Gasteiger partial charge in [0.15, 0.2) is 0 Å². The topological polar surface area (TPSA) is 18.5 Å². The molecule has 1 aromatic rings. The first-order valence-electron chi connectivity index (χ1n) is 5.21. The second-order valence-electron chi connectivity index (χ2n) is 4.02. The van der Waals surface area contributed by atoms with Gasteiger partial charge in [-0.3, -0.25) is 0 Å². The van der Waals surface area contributed by atoms with E-state index in [0.29, 0.717) is 0 Å². The van der Waals surface area contributed by atoms with E-state index in [1.807, 2.05) is 25.1 Å². The van der Waals surface area contributed by atoms with Crippen LogP contribution in [0.15, 0.2) is 18.2 Å². The van der Waals surface area contributed by atoms with Crippen LogP contribution < -0.4 is 4.74 Å². The standard InChI is InChI=1S/C12H14Cl2O2/c1-7-5-8(13)3-4-10(7)16-11-6-9(14)12(11)15-2/h3-5,9,11-12H,6H2,1-2H3. The van der Waals surface area contributed by atoms with E-state index in [0.717, 1.165) is 22.8 Å². The maximum Gasteiger partial charge on any atom is 0.128 e. The van der Waals surface area contributed by atoms with Gasteiger partial charge in [0.2, 0.25) is 0 Å². The van der Waals surface area contributed by atoms with Gasteiger partial charge in [0.1, 0.15) is 18.0 Å². The fourth-order valence-corrected chi connectivity index (χ4v) is 2.52. The van der Waals surface area contributed by atoms with Crippen molar-refractivity contribution in [2.75, 3.05) is 7.11 Å². The second kappa shape index (κ2) is 4.82. The molecule has 2 rings (SSSR count). The number of alkyl halides is 1. The van der Waals surface area contributed by atoms with Crippen molar-refractivity contribution >= 4 is 23.2 Å². The third-order valence-electron chi connectivity index (χ3n) is 2.87. The molecular weight excluding hydrogens is 247 g/mol. The van der Waals surface area contributed by atoms with Crippen molar-refractivity contribution in [3.8, 4) is 5.75 Å². The highest BCUT2D eigenvalue weighted by Gasteiger charge is 2.42. The van der Waals surface area contributed by atoms with E-state index in [-0.39, 0.29) is 17.6 Å². The lowest BCUT2D eigenvalue weighted by atomic mass is 9.91. The van der Waals surface area contributed by atoms with E-state index in [9.17, 15) is 0 Å². The van der Waals surface area contributed by atoms with Crippen molar-refractivity contribution < 1.29 is 9.47 Å². The van der Waals surface area contributed by atoms with Crippen LogP contribution in [0.5, 0.6) is 5.75 Å². The SMILES string of the molecule is COC1C(Cl)CC1Oc1ccc(Cl)cc1C. The minimum Gasteiger partial charge on any atom is -0.487 e. The summed E-state index contributed by atoms with van der Waals surface area (Å²) in [7, 11) is 1.66. The van der Waals surface area contributed by atoms with Crippen molar-refractivity contribution in [3.63, 3.8) is 0 Å². The Bertz CT molecular complexity index is 381. The lowest BCUT2D eigenvalue weighted by Crippen LogP contribution is -2.52. The molecule has 1 aliphatic carbocycles. The molecule has 0 heterocycles. The molecule has 0 N–H and O–H groups in total. The minimum absolute atomic E-state index is 0.0169. The van der Waals surface area contributed by atoms with Crippen LogP contribution >= 0.6 is 23.2 Å². The van der Waals surface area contributed by atoms with Crippen molar-refractivity contribution in [2.45, 2.75) is 30.9 Å². The highest BCUT2D eigenvalue weighted by molar-refractivity contribution is 6.30. The van der Waals surface area contributed by atoms with Crippen molar-refractivity contribution in [1.82, 2.24) is 0 Å². The molecule has 0 aliphatic heterocycles. The average molecular weight is 261 g/mol. The summed E-state index contributed by atoms with van der Waals surface area (Å²) in [5.74, 6) is 0.847. The van der Waals surface area contributed by atoms with Crippen LogP contribution in [0, 0.1) is 6.92 Å². The van der Waals surface area contributed by atoms with Crippen LogP contribution in [0.4, 0.5) is 0 Å². The Morgan fingerprint density at radius 1 is 1.38 bits per heavy atom. The molecule has 1 saturated carbocycles. The zero-order valence-electron chi connectivity index (χ0n) is 9.24. The van der Waals surface area contributed by atoms with Crippen LogP contribution in [0.3, 0.4) is 0 Å². The van der Waals surface area contributed by atoms with Crippen molar-refractivity contribution in [1.29, 1.82) is 0 Å². The molecule has 3 atom stereocenters. The normalized spacial score (nSPS) is 28.6. The maximum absolute atomic E-state index is 6.02. The molecule has 88 valence electrons. The van der Waals surface area contributed by atoms with E-state index < -0.39 is 0 Å². The molecule has 2 nitrogen and oxygen atoms in total. The number of halogens is 2. The van der Waals surface area contributed by atoms with Gasteiger partial charge in [0, 0.05) is 18.6 Å². The first kappa shape index (κ1) is 12.0. The maximum atomic E-state index is 6.02. The summed E-state index contributed by atoms with van der Waals surface area (Å²) in [4.78, 5) is 0. The van der Waals surface area contributed by atoms with E-state index in [2.05, 4.69) is 0 Å². The zero-order chi connectivity index (χ0) is 11.7. The molecule has 0 bridgehead atoms. The molecule has 1 fully saturated rings. The lowest BCUT2D eigenvalue weighted by molar-refractivity contribution is -0.0586. The van der Waals surface area contributed by atoms with E-state index >= 15 is 0 Å². The molecule has 0 aromatic heterocycles. The first-order chi connectivity index (χ1) is 7.61. The van der Waals surface area contributed by atoms with Gasteiger partial charge in [0.05, 0.1) is 5.38 Å². The van der Waals surface area contributed by atoms with Crippen LogP contribution in [-0.4, -0.2) is 24.7 Å². The van der Waals surface area contributed by atoms with Gasteiger partial charge in [0.25, 0.3) is 0 Å². The highest BCUT2D eigenvalue weighted by atomic mass is 35.5. The Morgan fingerprint density at radius 2 is 2.12 bits per heavy atom. The van der Waals surface area contributed by atoms with Gasteiger partial charge in [-0.2, -0.15) is 0 Å². The number of ether oxygens (including phenoxy) is 2. The molecule has 0 amide bonds. The summed E-state index contributed by atoms with van der Waals surface area (Å²) < 4.78 is 11.1. The van der Waals surface area contributed by atoms with Crippen LogP contribution in [0.25, 0.3) is 0 Å². The second-order valence-corrected chi connectivity index (χ2v) is 5.02. The molecule has 0 saturated heterocycles. The summed E-state index contributed by atoms with van der Waals surface area (Å²) in [6, 6.07) is 5.59. The molecular formula is C12H14Cl2O2. The van der Waals surface area contributed by atoms with Crippen LogP contribution in [-0.2, 0) is 4.74 Å². The first-order valence-corrected chi connectivity index (χ1v) is 6.03. The Hall–Kier alpha value is -0.440. The number of hydrogen-bond donors (Lipinski definition) is 0. The monoisotopic (exact) mass is 260 g/mol. The number of aryl methyl sites for hydroxylation is 1. The molecule has 0 radical (unpaired) electrons. The van der Waals surface area contributed by atoms with Gasteiger partial charge in [-0.1, -0.05) is 11.6 Å². The third kappa shape index (κ3) is 2.29. The van der Waals surface area contributed by atoms with Crippen LogP contribution in [0.1, 0.15) is 12.0 Å². The molecule has 3 unspecified atom stereocenters. The summed E-state index contributed by atoms with van der Waals surface area (Å²) in [6.45, 7) is 1.97. The third-order valence-corrected chi connectivity index (χ3v) is 3.53. The summed E-state index contributed by atoms with van der Waals surface area (Å²) >= 11 is 11.9. The summed E-state index contributed by atoms with van der Waals surface area (Å²) in [5.41, 5.74) is 1.03. The van der Waals surface area contributed by atoms with Crippen molar-refractivity contribution in [3.05, 3.63) is 28.8 Å². The molecule has 0 spiro atoms. The fourth-order valence-electron chi connectivity index (χ4n) is 1.85. The Kier molecular flexibility index (Phi) is 3.63. The molecule has 16 heavy (non-hydrogen) atoms. The lowest BCUT2D eigenvalue weighted by Gasteiger charge is -2.40. The van der Waals surface area contributed by atoms with E-state index in [1.165, 1.54) is 0 Å². The minimum atomic E-state index is -0.0169. The van der Waals surface area contributed by atoms with Gasteiger partial charge < -0.3 is 9.47 Å². The van der Waals surface area contributed by atoms with Gasteiger partial charge in [-0.15, -0.1) is 11.6 Å². The fraction of sp³-hybridized carbons (Fsp3) is 0.500. The van der Waals surface area contributed by atoms with E-state index in [1.54, 1.807) is 7.11 Å². The molecule has 4 heteroatoms. The quantitative estimate of drug-likeness (QED) is 0.776. The summed E-state index contributed by atoms with van der Waals surface area (Å²) in [5, 5.41) is 0.777. The van der Waals surface area contributed by atoms with Gasteiger partial charge in [-0.25, -0.2) is 0 Å². The van der Waals surface area contributed by atoms with Gasteiger partial charge >= 0.3 is 0 Å². The Morgan fingerprint density at radius 3 is 2.69 bits per heavy atom. The Balaban J connectivity index is 2.04.